The van der Waals surface area contributed by atoms with Gasteiger partial charge in [0.05, 0.1) is 11.4 Å². The van der Waals surface area contributed by atoms with E-state index in [-0.39, 0.29) is 24.3 Å². The van der Waals surface area contributed by atoms with Crippen LogP contribution < -0.4 is 15.8 Å². The Morgan fingerprint density at radius 1 is 1.42 bits per heavy atom. The maximum Gasteiger partial charge on any atom is 0.228 e. The van der Waals surface area contributed by atoms with Crippen LogP contribution in [0, 0.1) is 5.82 Å². The normalized spacial score (nSPS) is 20.1. The third kappa shape index (κ3) is 2.72. The smallest absolute Gasteiger partial charge is 0.228 e. The molecule has 2 rings (SSSR count). The number of primary sulfonamides is 1. The Morgan fingerprint density at radius 3 is 2.58 bits per heavy atom. The van der Waals surface area contributed by atoms with Gasteiger partial charge >= 0.3 is 0 Å². The average Bonchev–Trinajstić information content (AvgIpc) is 2.65. The largest absolute Gasteiger partial charge is 0.395 e. The maximum absolute atomic E-state index is 13.5. The number of amides is 1. The lowest BCUT2D eigenvalue weighted by Gasteiger charge is -2.19. The molecule has 4 N–H and O–H groups in total. The van der Waals surface area contributed by atoms with Gasteiger partial charge < -0.3 is 10.6 Å². The van der Waals surface area contributed by atoms with E-state index in [2.05, 4.69) is 15.9 Å². The molecular weight excluding hydrogens is 341 g/mol. The minimum Gasteiger partial charge on any atom is -0.395 e. The van der Waals surface area contributed by atoms with E-state index >= 15 is 0 Å². The highest BCUT2D eigenvalue weighted by molar-refractivity contribution is 9.10. The van der Waals surface area contributed by atoms with E-state index in [9.17, 15) is 17.6 Å². The van der Waals surface area contributed by atoms with Gasteiger partial charge in [-0.25, -0.2) is 17.9 Å². The van der Waals surface area contributed by atoms with Gasteiger partial charge in [0.15, 0.2) is 0 Å². The number of halogens is 2. The van der Waals surface area contributed by atoms with Crippen LogP contribution in [0.1, 0.15) is 6.42 Å². The summed E-state index contributed by atoms with van der Waals surface area (Å²) in [6.45, 7) is -0.127. The number of nitrogen functional groups attached to an aromatic ring is 1. The van der Waals surface area contributed by atoms with Crippen molar-refractivity contribution in [3.8, 4) is 0 Å². The van der Waals surface area contributed by atoms with Gasteiger partial charge in [-0.2, -0.15) is 0 Å². The van der Waals surface area contributed by atoms with Gasteiger partial charge in [-0.1, -0.05) is 15.9 Å². The molecule has 1 aromatic carbocycles. The van der Waals surface area contributed by atoms with Crippen LogP contribution in [-0.4, -0.2) is 26.1 Å². The number of carbonyl (C=O) groups excluding carboxylic acids is 1. The topological polar surface area (TPSA) is 106 Å². The van der Waals surface area contributed by atoms with Crippen LogP contribution >= 0.6 is 15.9 Å². The van der Waals surface area contributed by atoms with E-state index in [1.807, 2.05) is 0 Å². The SMILES string of the molecule is Nc1c(F)cc(Br)cc1N1CC(S(N)(=O)=O)CC1=O. The number of rotatable bonds is 2. The number of anilines is 2. The van der Waals surface area contributed by atoms with E-state index in [0.717, 1.165) is 11.0 Å². The third-order valence-corrected chi connectivity index (χ3v) is 4.62. The lowest BCUT2D eigenvalue weighted by Crippen LogP contribution is -2.32. The van der Waals surface area contributed by atoms with Crippen LogP contribution in [0.4, 0.5) is 15.8 Å². The summed E-state index contributed by atoms with van der Waals surface area (Å²) in [4.78, 5) is 13.0. The monoisotopic (exact) mass is 351 g/mol. The molecule has 0 bridgehead atoms. The number of benzene rings is 1. The van der Waals surface area contributed by atoms with Crippen LogP contribution in [0.3, 0.4) is 0 Å². The minimum atomic E-state index is -3.82. The van der Waals surface area contributed by atoms with Gasteiger partial charge in [0.2, 0.25) is 15.9 Å². The molecule has 0 radical (unpaired) electrons. The predicted molar refractivity (Wildman–Crippen MR) is 72.4 cm³/mol. The molecule has 19 heavy (non-hydrogen) atoms. The maximum atomic E-state index is 13.5. The Hall–Kier alpha value is -1.19. The highest BCUT2D eigenvalue weighted by Gasteiger charge is 2.38. The number of nitrogens with zero attached hydrogens (tertiary/aromatic N) is 1. The van der Waals surface area contributed by atoms with Crippen LogP contribution in [0.5, 0.6) is 0 Å². The minimum absolute atomic E-state index is 0.127. The summed E-state index contributed by atoms with van der Waals surface area (Å²) in [6, 6.07) is 2.62. The summed E-state index contributed by atoms with van der Waals surface area (Å²) in [5, 5.41) is 4.02. The van der Waals surface area contributed by atoms with Crippen molar-refractivity contribution in [3.63, 3.8) is 0 Å². The molecule has 0 aromatic heterocycles. The molecule has 1 heterocycles. The number of hydrogen-bond donors (Lipinski definition) is 2. The lowest BCUT2D eigenvalue weighted by molar-refractivity contribution is -0.117. The van der Waals surface area contributed by atoms with Crippen molar-refractivity contribution in [2.24, 2.45) is 5.14 Å². The van der Waals surface area contributed by atoms with Crippen molar-refractivity contribution in [1.29, 1.82) is 0 Å². The molecule has 1 saturated heterocycles. The highest BCUT2D eigenvalue weighted by atomic mass is 79.9. The summed E-state index contributed by atoms with van der Waals surface area (Å²) in [7, 11) is -3.82. The van der Waals surface area contributed by atoms with Gasteiger partial charge in [-0.15, -0.1) is 0 Å². The molecule has 1 fully saturated rings. The quantitative estimate of drug-likeness (QED) is 0.759. The van der Waals surface area contributed by atoms with Gasteiger partial charge in [-0.05, 0) is 12.1 Å². The first-order chi connectivity index (χ1) is 8.70. The molecule has 0 saturated carbocycles. The Morgan fingerprint density at radius 2 is 2.05 bits per heavy atom. The fourth-order valence-electron chi connectivity index (χ4n) is 1.92. The van der Waals surface area contributed by atoms with Crippen LogP contribution in [0.25, 0.3) is 0 Å². The van der Waals surface area contributed by atoms with Crippen molar-refractivity contribution in [2.45, 2.75) is 11.7 Å². The second kappa shape index (κ2) is 4.73. The van der Waals surface area contributed by atoms with E-state index in [0.29, 0.717) is 4.47 Å². The zero-order valence-corrected chi connectivity index (χ0v) is 12.0. The molecule has 9 heteroatoms. The zero-order chi connectivity index (χ0) is 14.4. The molecule has 6 nitrogen and oxygen atoms in total. The Balaban J connectivity index is 2.41. The lowest BCUT2D eigenvalue weighted by atomic mass is 10.2. The Labute approximate surface area is 117 Å². The van der Waals surface area contributed by atoms with Gasteiger partial charge in [0.1, 0.15) is 11.1 Å². The first-order valence-corrected chi connectivity index (χ1v) is 7.67. The van der Waals surface area contributed by atoms with Crippen molar-refractivity contribution in [2.75, 3.05) is 17.2 Å². The average molecular weight is 352 g/mol. The van der Waals surface area contributed by atoms with Gasteiger partial charge in [0.25, 0.3) is 0 Å². The summed E-state index contributed by atoms with van der Waals surface area (Å²) in [5.74, 6) is -1.14. The second-order valence-corrected chi connectivity index (χ2v) is 7.00. The summed E-state index contributed by atoms with van der Waals surface area (Å²) in [5.41, 5.74) is 5.52. The Bertz CT molecular complexity index is 650. The number of hydrogen-bond acceptors (Lipinski definition) is 4. The molecule has 1 aromatic rings. The predicted octanol–water partition coefficient (Wildman–Crippen LogP) is 0.564. The molecule has 0 aliphatic carbocycles. The van der Waals surface area contributed by atoms with Gasteiger partial charge in [0, 0.05) is 17.4 Å². The van der Waals surface area contributed by atoms with E-state index in [1.54, 1.807) is 0 Å². The Kier molecular flexibility index (Phi) is 3.54. The van der Waals surface area contributed by atoms with Crippen molar-refractivity contribution in [1.82, 2.24) is 0 Å². The van der Waals surface area contributed by atoms with Crippen LogP contribution in [0.15, 0.2) is 16.6 Å². The summed E-state index contributed by atoms with van der Waals surface area (Å²) >= 11 is 3.09. The molecular formula is C10H11BrFN3O3S. The number of nitrogens with two attached hydrogens (primary N) is 2. The molecule has 1 atom stereocenters. The van der Waals surface area contributed by atoms with E-state index in [1.165, 1.54) is 6.07 Å². The van der Waals surface area contributed by atoms with Crippen molar-refractivity contribution in [3.05, 3.63) is 22.4 Å². The first kappa shape index (κ1) is 14.2. The molecule has 0 spiro atoms. The number of sulfonamides is 1. The molecule has 1 amide bonds. The van der Waals surface area contributed by atoms with Crippen molar-refractivity contribution >= 4 is 43.2 Å². The second-order valence-electron chi connectivity index (χ2n) is 4.24. The fraction of sp³-hybridized carbons (Fsp3) is 0.300. The fourth-order valence-corrected chi connectivity index (χ4v) is 3.07. The summed E-state index contributed by atoms with van der Waals surface area (Å²) < 4.78 is 36.4. The molecule has 1 unspecified atom stereocenters. The summed E-state index contributed by atoms with van der Waals surface area (Å²) in [6.07, 6.45) is -0.230. The van der Waals surface area contributed by atoms with Crippen molar-refractivity contribution < 1.29 is 17.6 Å². The van der Waals surface area contributed by atoms with Gasteiger partial charge in [-0.3, -0.25) is 4.79 Å². The van der Waals surface area contributed by atoms with E-state index in [4.69, 9.17) is 10.9 Å². The number of carbonyl (C=O) groups is 1. The molecule has 1 aliphatic rings. The third-order valence-electron chi connectivity index (χ3n) is 2.92. The standard InChI is InChI=1S/C10H11BrFN3O3S/c11-5-1-7(12)10(13)8(2-5)15-4-6(3-9(15)16)19(14,17)18/h1-2,6H,3-4,13H2,(H2,14,17,18). The molecule has 104 valence electrons. The van der Waals surface area contributed by atoms with Crippen LogP contribution in [0.2, 0.25) is 0 Å². The zero-order valence-electron chi connectivity index (χ0n) is 9.64. The van der Waals surface area contributed by atoms with E-state index < -0.39 is 27.0 Å². The first-order valence-electron chi connectivity index (χ1n) is 5.26. The molecule has 1 aliphatic heterocycles. The van der Waals surface area contributed by atoms with Crippen LogP contribution in [-0.2, 0) is 14.8 Å². The highest BCUT2D eigenvalue weighted by Crippen LogP contribution is 2.33.